The number of unbranched alkanes of at least 4 members (excludes halogenated alkanes) is 2. The first-order valence-electron chi connectivity index (χ1n) is 8.34. The van der Waals surface area contributed by atoms with Crippen molar-refractivity contribution >= 4 is 5.97 Å². The molecule has 24 heavy (non-hydrogen) atoms. The summed E-state index contributed by atoms with van der Waals surface area (Å²) < 4.78 is 33.2. The van der Waals surface area contributed by atoms with Gasteiger partial charge in [-0.1, -0.05) is 38.8 Å². The fourth-order valence-electron chi connectivity index (χ4n) is 2.47. The number of benzene rings is 2. The highest BCUT2D eigenvalue weighted by molar-refractivity contribution is 5.91. The average Bonchev–Trinajstić information content (AvgIpc) is 2.57. The van der Waals surface area contributed by atoms with Crippen LogP contribution in [0, 0.1) is 11.6 Å². The molecule has 0 heterocycles. The average molecular weight is 332 g/mol. The van der Waals surface area contributed by atoms with Crippen LogP contribution < -0.4 is 4.74 Å². The fourth-order valence-corrected chi connectivity index (χ4v) is 2.47. The van der Waals surface area contributed by atoms with Gasteiger partial charge in [-0.25, -0.2) is 13.6 Å². The fraction of sp³-hybridized carbons (Fsp3) is 0.350. The maximum absolute atomic E-state index is 14.1. The lowest BCUT2D eigenvalue weighted by atomic mass is 10.1. The highest BCUT2D eigenvalue weighted by Crippen LogP contribution is 2.23. The van der Waals surface area contributed by atoms with Gasteiger partial charge in [-0.3, -0.25) is 0 Å². The van der Waals surface area contributed by atoms with Crippen molar-refractivity contribution in [2.75, 3.05) is 0 Å². The topological polar surface area (TPSA) is 26.3 Å². The Balaban J connectivity index is 2.10. The zero-order valence-electron chi connectivity index (χ0n) is 14.1. The third-order valence-corrected chi connectivity index (χ3v) is 3.95. The molecule has 0 saturated heterocycles. The summed E-state index contributed by atoms with van der Waals surface area (Å²) in [4.78, 5) is 12.1. The van der Waals surface area contributed by atoms with Crippen LogP contribution in [-0.4, -0.2) is 5.97 Å². The molecule has 2 aromatic rings. The Morgan fingerprint density at radius 2 is 1.62 bits per heavy atom. The van der Waals surface area contributed by atoms with Crippen molar-refractivity contribution in [2.24, 2.45) is 0 Å². The number of carbonyl (C=O) groups excluding carboxylic acids is 1. The molecule has 0 aliphatic heterocycles. The first kappa shape index (κ1) is 18.1. The lowest BCUT2D eigenvalue weighted by molar-refractivity contribution is 0.0734. The van der Waals surface area contributed by atoms with E-state index in [4.69, 9.17) is 4.74 Å². The predicted molar refractivity (Wildman–Crippen MR) is 90.4 cm³/mol. The Morgan fingerprint density at radius 1 is 1.00 bits per heavy atom. The van der Waals surface area contributed by atoms with Gasteiger partial charge in [-0.15, -0.1) is 0 Å². The highest BCUT2D eigenvalue weighted by Gasteiger charge is 2.15. The normalized spacial score (nSPS) is 10.7. The van der Waals surface area contributed by atoms with E-state index in [2.05, 4.69) is 0 Å². The molecule has 0 unspecified atom stereocenters. The molecule has 4 heteroatoms. The molecule has 128 valence electrons. The van der Waals surface area contributed by atoms with Crippen LogP contribution in [0.25, 0.3) is 0 Å². The van der Waals surface area contributed by atoms with Crippen molar-refractivity contribution < 1.29 is 18.3 Å². The molecular formula is C20H22F2O2. The summed E-state index contributed by atoms with van der Waals surface area (Å²) >= 11 is 0. The molecule has 0 radical (unpaired) electrons. The van der Waals surface area contributed by atoms with E-state index in [-0.39, 0.29) is 11.3 Å². The van der Waals surface area contributed by atoms with Gasteiger partial charge in [-0.2, -0.15) is 0 Å². The summed E-state index contributed by atoms with van der Waals surface area (Å²) in [6, 6.07) is 9.09. The second kappa shape index (κ2) is 8.57. The van der Waals surface area contributed by atoms with E-state index in [9.17, 15) is 13.6 Å². The van der Waals surface area contributed by atoms with Crippen LogP contribution in [0.1, 0.15) is 54.6 Å². The Bertz CT molecular complexity index is 670. The number of aryl methyl sites for hydroxylation is 1. The lowest BCUT2D eigenvalue weighted by Crippen LogP contribution is -2.09. The predicted octanol–water partition coefficient (Wildman–Crippen LogP) is 5.48. The van der Waals surface area contributed by atoms with E-state index in [0.29, 0.717) is 12.0 Å². The Kier molecular flexibility index (Phi) is 6.47. The van der Waals surface area contributed by atoms with Crippen molar-refractivity contribution in [3.63, 3.8) is 0 Å². The number of halogens is 2. The zero-order valence-corrected chi connectivity index (χ0v) is 14.1. The third-order valence-electron chi connectivity index (χ3n) is 3.95. The summed E-state index contributed by atoms with van der Waals surface area (Å²) in [5.74, 6) is -2.09. The Morgan fingerprint density at radius 3 is 2.17 bits per heavy atom. The number of hydrogen-bond donors (Lipinski definition) is 0. The summed E-state index contributed by atoms with van der Waals surface area (Å²) in [6.07, 6.45) is 3.84. The summed E-state index contributed by atoms with van der Waals surface area (Å²) in [6.45, 7) is 4.04. The molecule has 2 rings (SSSR count). The monoisotopic (exact) mass is 332 g/mol. The maximum Gasteiger partial charge on any atom is 0.343 e. The second-order valence-corrected chi connectivity index (χ2v) is 5.76. The summed E-state index contributed by atoms with van der Waals surface area (Å²) in [7, 11) is 0. The van der Waals surface area contributed by atoms with Crippen LogP contribution >= 0.6 is 0 Å². The number of carbonyl (C=O) groups is 1. The van der Waals surface area contributed by atoms with E-state index in [1.807, 2.05) is 26.0 Å². The van der Waals surface area contributed by atoms with Crippen LogP contribution in [0.2, 0.25) is 0 Å². The number of hydrogen-bond acceptors (Lipinski definition) is 2. The number of ether oxygens (including phenoxy) is 1. The summed E-state index contributed by atoms with van der Waals surface area (Å²) in [5, 5.41) is 0. The largest absolute Gasteiger partial charge is 0.423 e. The van der Waals surface area contributed by atoms with Crippen molar-refractivity contribution in [1.82, 2.24) is 0 Å². The molecule has 0 amide bonds. The minimum Gasteiger partial charge on any atom is -0.423 e. The molecule has 0 fully saturated rings. The van der Waals surface area contributed by atoms with Gasteiger partial charge in [-0.05, 0) is 37.0 Å². The zero-order chi connectivity index (χ0) is 17.5. The molecule has 2 nitrogen and oxygen atoms in total. The standard InChI is InChI=1S/C20H22F2O2/c1-3-5-6-7-17-18(21)12-16(13-19(17)22)24-20(23)15-10-8-14(4-2)9-11-15/h8-13H,3-7H2,1-2H3. The van der Waals surface area contributed by atoms with Crippen LogP contribution in [0.15, 0.2) is 36.4 Å². The smallest absolute Gasteiger partial charge is 0.343 e. The molecule has 0 atom stereocenters. The van der Waals surface area contributed by atoms with E-state index in [1.54, 1.807) is 12.1 Å². The third kappa shape index (κ3) is 4.63. The van der Waals surface area contributed by atoms with Crippen molar-refractivity contribution in [3.05, 3.63) is 64.7 Å². The molecule has 0 N–H and O–H groups in total. The van der Waals surface area contributed by atoms with Crippen LogP contribution in [0.3, 0.4) is 0 Å². The van der Waals surface area contributed by atoms with Crippen LogP contribution in [0.5, 0.6) is 5.75 Å². The van der Waals surface area contributed by atoms with Crippen LogP contribution in [0.4, 0.5) is 8.78 Å². The number of esters is 1. The molecular weight excluding hydrogens is 310 g/mol. The van der Waals surface area contributed by atoms with Gasteiger partial charge in [0.1, 0.15) is 17.4 Å². The summed E-state index contributed by atoms with van der Waals surface area (Å²) in [5.41, 5.74) is 1.50. The van der Waals surface area contributed by atoms with Gasteiger partial charge in [0.05, 0.1) is 5.56 Å². The van der Waals surface area contributed by atoms with Crippen molar-refractivity contribution in [1.29, 1.82) is 0 Å². The van der Waals surface area contributed by atoms with Gasteiger partial charge in [0.2, 0.25) is 0 Å². The second-order valence-electron chi connectivity index (χ2n) is 5.76. The minimum absolute atomic E-state index is 0.0514. The quantitative estimate of drug-likeness (QED) is 0.381. The van der Waals surface area contributed by atoms with Crippen molar-refractivity contribution in [3.8, 4) is 5.75 Å². The number of rotatable bonds is 7. The maximum atomic E-state index is 14.1. The van der Waals surface area contributed by atoms with E-state index >= 15 is 0 Å². The van der Waals surface area contributed by atoms with E-state index in [0.717, 1.165) is 43.4 Å². The van der Waals surface area contributed by atoms with E-state index in [1.165, 1.54) is 0 Å². The Labute approximate surface area is 141 Å². The van der Waals surface area contributed by atoms with Gasteiger partial charge in [0.25, 0.3) is 0 Å². The Hall–Kier alpha value is -2.23. The minimum atomic E-state index is -0.671. The molecule has 0 saturated carbocycles. The first-order chi connectivity index (χ1) is 11.5. The van der Waals surface area contributed by atoms with Crippen LogP contribution in [-0.2, 0) is 12.8 Å². The van der Waals surface area contributed by atoms with E-state index < -0.39 is 17.6 Å². The lowest BCUT2D eigenvalue weighted by Gasteiger charge is -2.09. The highest BCUT2D eigenvalue weighted by atomic mass is 19.1. The molecule has 0 bridgehead atoms. The molecule has 0 aliphatic carbocycles. The van der Waals surface area contributed by atoms with Gasteiger partial charge >= 0.3 is 5.97 Å². The van der Waals surface area contributed by atoms with Crippen molar-refractivity contribution in [2.45, 2.75) is 46.0 Å². The SMILES string of the molecule is CCCCCc1c(F)cc(OC(=O)c2ccc(CC)cc2)cc1F. The van der Waals surface area contributed by atoms with Gasteiger partial charge < -0.3 is 4.74 Å². The molecule has 0 spiro atoms. The first-order valence-corrected chi connectivity index (χ1v) is 8.34. The molecule has 2 aromatic carbocycles. The molecule has 0 aromatic heterocycles. The van der Waals surface area contributed by atoms with Gasteiger partial charge in [0, 0.05) is 17.7 Å². The molecule has 0 aliphatic rings. The van der Waals surface area contributed by atoms with Gasteiger partial charge in [0.15, 0.2) is 0 Å².